The minimum Gasteiger partial charge on any atom is -0.268 e. The van der Waals surface area contributed by atoms with Crippen molar-refractivity contribution in [3.05, 3.63) is 69.2 Å². The highest BCUT2D eigenvalue weighted by atomic mass is 35.5. The number of carbonyl (C=O) groups excluding carboxylic acids is 2. The average molecular weight is 548 g/mol. The third kappa shape index (κ3) is 6.76. The number of alkyl halides is 3. The molecule has 4 rings (SSSR count). The molecule has 1 aliphatic rings. The zero-order valence-corrected chi connectivity index (χ0v) is 21.8. The quantitative estimate of drug-likeness (QED) is 0.227. The molecule has 2 aromatic carbocycles. The molecular formula is C27H25ClF3N3O2S. The second-order valence-corrected chi connectivity index (χ2v) is 10.2. The molecule has 0 saturated carbocycles. The van der Waals surface area contributed by atoms with Crippen molar-refractivity contribution in [2.24, 2.45) is 5.92 Å². The van der Waals surface area contributed by atoms with E-state index in [9.17, 15) is 22.8 Å². The number of halogens is 4. The molecule has 194 valence electrons. The van der Waals surface area contributed by atoms with E-state index < -0.39 is 11.7 Å². The first-order chi connectivity index (χ1) is 17.5. The molecule has 0 N–H and O–H groups in total. The zero-order chi connectivity index (χ0) is 27.3. The maximum absolute atomic E-state index is 13.5. The van der Waals surface area contributed by atoms with Crippen LogP contribution in [0.3, 0.4) is 0 Å². The molecule has 0 unspecified atom stereocenters. The molecule has 1 fully saturated rings. The number of carbonyl (C=O) groups is 2. The van der Waals surface area contributed by atoms with Gasteiger partial charge in [0.25, 0.3) is 11.1 Å². The number of hydrogen-bond donors (Lipinski definition) is 0. The third-order valence-corrected chi connectivity index (χ3v) is 6.84. The average Bonchev–Trinajstić information content (AvgIpc) is 3.35. The molecule has 37 heavy (non-hydrogen) atoms. The summed E-state index contributed by atoms with van der Waals surface area (Å²) in [6, 6.07) is 8.97. The number of nitrogens with zero attached hydrogens (tertiary/aromatic N) is 3. The summed E-state index contributed by atoms with van der Waals surface area (Å²) in [6.45, 7) is 4.51. The van der Waals surface area contributed by atoms with Gasteiger partial charge in [0.05, 0.1) is 28.7 Å². The van der Waals surface area contributed by atoms with Crippen molar-refractivity contribution in [2.45, 2.75) is 39.4 Å². The number of hydrogen-bond acceptors (Lipinski definition) is 4. The lowest BCUT2D eigenvalue weighted by molar-refractivity contribution is -0.138. The van der Waals surface area contributed by atoms with Crippen LogP contribution in [0.15, 0.2) is 47.5 Å². The second-order valence-electron chi connectivity index (χ2n) is 8.79. The standard InChI is InChI=1S/C25H23ClF3N3O2S.C2H2/c1-15(2)4-3-9-31-23(33)22(35-24(31)34)11-16-5-8-21-18(10-16)13-30-32(21)14-17-6-7-19(26)12-20(17)25(27,28)29;1-2/h5-8,10-13,15H,3-4,9,14H2,1-2H3;1-2H/b22-11-;. The minimum atomic E-state index is -4.53. The summed E-state index contributed by atoms with van der Waals surface area (Å²) in [4.78, 5) is 26.6. The van der Waals surface area contributed by atoms with Gasteiger partial charge in [0, 0.05) is 17.0 Å². The van der Waals surface area contributed by atoms with Crippen LogP contribution >= 0.6 is 23.4 Å². The monoisotopic (exact) mass is 547 g/mol. The Balaban J connectivity index is 0.00000186. The number of terminal acetylenes is 1. The topological polar surface area (TPSA) is 55.2 Å². The van der Waals surface area contributed by atoms with Crippen molar-refractivity contribution >= 4 is 51.5 Å². The SMILES string of the molecule is C#C.CC(C)CCCN1C(=O)S/C(=C\c2ccc3c(cnn3Cc3ccc(Cl)cc3C(F)(F)F)c2)C1=O. The fraction of sp³-hybridized carbons (Fsp3) is 0.296. The third-order valence-electron chi connectivity index (χ3n) is 5.70. The fourth-order valence-electron chi connectivity index (χ4n) is 3.93. The van der Waals surface area contributed by atoms with E-state index in [0.29, 0.717) is 33.8 Å². The Kier molecular flexibility index (Phi) is 9.11. The molecule has 2 amide bonds. The highest BCUT2D eigenvalue weighted by Crippen LogP contribution is 2.35. The van der Waals surface area contributed by atoms with Gasteiger partial charge < -0.3 is 0 Å². The Labute approximate surface area is 222 Å². The van der Waals surface area contributed by atoms with E-state index in [0.717, 1.165) is 30.7 Å². The molecule has 1 aromatic heterocycles. The summed E-state index contributed by atoms with van der Waals surface area (Å²) in [5.41, 5.74) is 0.607. The number of benzene rings is 2. The van der Waals surface area contributed by atoms with Crippen molar-refractivity contribution in [2.75, 3.05) is 6.54 Å². The largest absolute Gasteiger partial charge is 0.416 e. The molecule has 2 heterocycles. The zero-order valence-electron chi connectivity index (χ0n) is 20.3. The molecule has 5 nitrogen and oxygen atoms in total. The fourth-order valence-corrected chi connectivity index (χ4v) is 4.97. The van der Waals surface area contributed by atoms with Gasteiger partial charge in [-0.1, -0.05) is 37.6 Å². The summed E-state index contributed by atoms with van der Waals surface area (Å²) in [7, 11) is 0. The van der Waals surface area contributed by atoms with Crippen LogP contribution in [0.2, 0.25) is 5.02 Å². The number of aromatic nitrogens is 2. The van der Waals surface area contributed by atoms with E-state index in [2.05, 4.69) is 31.8 Å². The molecule has 0 spiro atoms. The first-order valence-corrected chi connectivity index (χ1v) is 12.6. The highest BCUT2D eigenvalue weighted by molar-refractivity contribution is 8.18. The van der Waals surface area contributed by atoms with Crippen molar-refractivity contribution in [1.82, 2.24) is 14.7 Å². The number of imide groups is 1. The Hall–Kier alpha value is -3.22. The van der Waals surface area contributed by atoms with Crippen molar-refractivity contribution in [3.8, 4) is 12.8 Å². The van der Waals surface area contributed by atoms with Crippen LogP contribution < -0.4 is 0 Å². The van der Waals surface area contributed by atoms with E-state index >= 15 is 0 Å². The first kappa shape index (κ1) is 28.4. The van der Waals surface area contributed by atoms with Crippen molar-refractivity contribution < 1.29 is 22.8 Å². The van der Waals surface area contributed by atoms with Crippen LogP contribution in [-0.2, 0) is 17.5 Å². The number of thioether (sulfide) groups is 1. The number of fused-ring (bicyclic) bond motifs is 1. The predicted octanol–water partition coefficient (Wildman–Crippen LogP) is 7.48. The molecule has 0 aliphatic carbocycles. The lowest BCUT2D eigenvalue weighted by Gasteiger charge is -2.14. The summed E-state index contributed by atoms with van der Waals surface area (Å²) in [5.74, 6) is 0.194. The minimum absolute atomic E-state index is 0.0142. The van der Waals surface area contributed by atoms with E-state index in [4.69, 9.17) is 11.6 Å². The maximum atomic E-state index is 13.5. The van der Waals surface area contributed by atoms with Crippen LogP contribution in [-0.4, -0.2) is 32.4 Å². The van der Waals surface area contributed by atoms with Gasteiger partial charge >= 0.3 is 6.18 Å². The maximum Gasteiger partial charge on any atom is 0.416 e. The molecule has 1 aliphatic heterocycles. The second kappa shape index (κ2) is 11.9. The van der Waals surface area contributed by atoms with E-state index in [1.165, 1.54) is 21.7 Å². The molecular weight excluding hydrogens is 523 g/mol. The Morgan fingerprint density at radius 1 is 1.14 bits per heavy atom. The van der Waals surface area contributed by atoms with Crippen molar-refractivity contribution in [1.29, 1.82) is 0 Å². The summed E-state index contributed by atoms with van der Waals surface area (Å²) < 4.78 is 41.9. The van der Waals surface area contributed by atoms with Gasteiger partial charge in [0.1, 0.15) is 0 Å². The van der Waals surface area contributed by atoms with Crippen LogP contribution in [0.4, 0.5) is 18.0 Å². The van der Waals surface area contributed by atoms with Crippen LogP contribution in [0.1, 0.15) is 43.4 Å². The van der Waals surface area contributed by atoms with Gasteiger partial charge in [-0.2, -0.15) is 18.3 Å². The Morgan fingerprint density at radius 2 is 1.86 bits per heavy atom. The summed E-state index contributed by atoms with van der Waals surface area (Å²) >= 11 is 6.69. The van der Waals surface area contributed by atoms with Gasteiger partial charge in [-0.15, -0.1) is 12.8 Å². The number of rotatable bonds is 7. The van der Waals surface area contributed by atoms with E-state index in [1.807, 2.05) is 0 Å². The predicted molar refractivity (Wildman–Crippen MR) is 142 cm³/mol. The molecule has 10 heteroatoms. The van der Waals surface area contributed by atoms with Gasteiger partial charge in [-0.3, -0.25) is 19.2 Å². The van der Waals surface area contributed by atoms with Gasteiger partial charge in [-0.25, -0.2) is 0 Å². The van der Waals surface area contributed by atoms with Crippen molar-refractivity contribution in [3.63, 3.8) is 0 Å². The Bertz CT molecular complexity index is 1360. The highest BCUT2D eigenvalue weighted by Gasteiger charge is 2.35. The smallest absolute Gasteiger partial charge is 0.268 e. The van der Waals surface area contributed by atoms with E-state index in [1.54, 1.807) is 30.5 Å². The lowest BCUT2D eigenvalue weighted by Crippen LogP contribution is -2.29. The summed E-state index contributed by atoms with van der Waals surface area (Å²) in [6.07, 6.45) is 8.38. The first-order valence-electron chi connectivity index (χ1n) is 11.4. The molecule has 3 aromatic rings. The van der Waals surface area contributed by atoms with E-state index in [-0.39, 0.29) is 28.3 Å². The summed E-state index contributed by atoms with van der Waals surface area (Å²) in [5, 5.41) is 4.70. The number of amides is 2. The van der Waals surface area contributed by atoms with Gasteiger partial charge in [0.15, 0.2) is 0 Å². The molecule has 0 radical (unpaired) electrons. The van der Waals surface area contributed by atoms with Crippen LogP contribution in [0, 0.1) is 18.8 Å². The lowest BCUT2D eigenvalue weighted by atomic mass is 10.1. The molecule has 0 atom stereocenters. The van der Waals surface area contributed by atoms with Gasteiger partial charge in [-0.05, 0) is 72.0 Å². The normalized spacial score (nSPS) is 15.1. The van der Waals surface area contributed by atoms with Crippen LogP contribution in [0.25, 0.3) is 17.0 Å². The molecule has 0 bridgehead atoms. The van der Waals surface area contributed by atoms with Crippen LogP contribution in [0.5, 0.6) is 0 Å². The molecule has 1 saturated heterocycles. The Morgan fingerprint density at radius 3 is 2.54 bits per heavy atom. The van der Waals surface area contributed by atoms with Gasteiger partial charge in [0.2, 0.25) is 0 Å².